The smallest absolute Gasteiger partial charge is 0.235 e. The highest BCUT2D eigenvalue weighted by Crippen LogP contribution is 2.39. The predicted molar refractivity (Wildman–Crippen MR) is 70.3 cm³/mol. The van der Waals surface area contributed by atoms with E-state index in [9.17, 15) is 9.90 Å². The van der Waals surface area contributed by atoms with Crippen LogP contribution in [-0.2, 0) is 9.53 Å². The molecule has 1 aliphatic carbocycles. The van der Waals surface area contributed by atoms with Crippen LogP contribution >= 0.6 is 0 Å². The largest absolute Gasteiger partial charge is 0.389 e. The maximum absolute atomic E-state index is 11.9. The quantitative estimate of drug-likeness (QED) is 0.634. The van der Waals surface area contributed by atoms with Gasteiger partial charge in [-0.15, -0.1) is 0 Å². The Hall–Kier alpha value is -1.16. The van der Waals surface area contributed by atoms with Gasteiger partial charge >= 0.3 is 0 Å². The number of hydrogen-bond acceptors (Lipinski definition) is 5. The lowest BCUT2D eigenvalue weighted by atomic mass is 9.98. The van der Waals surface area contributed by atoms with Crippen molar-refractivity contribution in [2.24, 2.45) is 5.92 Å². The number of likely N-dealkylation sites (N-methyl/N-ethyl adjacent to an activating group) is 1. The first-order valence-corrected chi connectivity index (χ1v) is 6.49. The second-order valence-corrected chi connectivity index (χ2v) is 5.44. The summed E-state index contributed by atoms with van der Waals surface area (Å²) in [4.78, 5) is 13.6. The molecule has 2 N–H and O–H groups in total. The van der Waals surface area contributed by atoms with Gasteiger partial charge in [0.2, 0.25) is 5.91 Å². The van der Waals surface area contributed by atoms with Gasteiger partial charge in [-0.1, -0.05) is 0 Å². The van der Waals surface area contributed by atoms with E-state index < -0.39 is 11.6 Å². The molecule has 0 heterocycles. The number of hydrogen-bond donors (Lipinski definition) is 2. The van der Waals surface area contributed by atoms with Gasteiger partial charge in [-0.2, -0.15) is 5.26 Å². The van der Waals surface area contributed by atoms with Gasteiger partial charge in [-0.3, -0.25) is 9.69 Å². The van der Waals surface area contributed by atoms with E-state index in [-0.39, 0.29) is 25.0 Å². The van der Waals surface area contributed by atoms with Crippen molar-refractivity contribution in [2.45, 2.75) is 31.4 Å². The van der Waals surface area contributed by atoms with E-state index in [4.69, 9.17) is 10.00 Å². The first-order valence-electron chi connectivity index (χ1n) is 6.49. The molecular weight excluding hydrogens is 246 g/mol. The summed E-state index contributed by atoms with van der Waals surface area (Å²) in [6.07, 6.45) is 1.37. The fraction of sp³-hybridized carbons (Fsp3) is 0.846. The minimum absolute atomic E-state index is 0.158. The molecule has 1 fully saturated rings. The maximum Gasteiger partial charge on any atom is 0.235 e. The van der Waals surface area contributed by atoms with Crippen molar-refractivity contribution in [1.29, 1.82) is 5.26 Å². The van der Waals surface area contributed by atoms with Gasteiger partial charge in [0.25, 0.3) is 0 Å². The molecule has 2 unspecified atom stereocenters. The third-order valence-corrected chi connectivity index (χ3v) is 3.32. The number of aliphatic hydroxyl groups excluding tert-OH is 1. The first kappa shape index (κ1) is 15.9. The Morgan fingerprint density at radius 3 is 2.79 bits per heavy atom. The van der Waals surface area contributed by atoms with E-state index in [0.717, 1.165) is 12.8 Å². The van der Waals surface area contributed by atoms with Gasteiger partial charge in [0.05, 0.1) is 25.3 Å². The normalized spacial score (nSPS) is 19.6. The third kappa shape index (κ3) is 5.15. The van der Waals surface area contributed by atoms with Gasteiger partial charge in [0.1, 0.15) is 5.54 Å². The molecular formula is C13H23N3O3. The molecule has 0 spiro atoms. The van der Waals surface area contributed by atoms with E-state index in [1.54, 1.807) is 18.9 Å². The number of methoxy groups -OCH3 is 1. The van der Waals surface area contributed by atoms with Gasteiger partial charge in [-0.05, 0) is 32.7 Å². The zero-order valence-electron chi connectivity index (χ0n) is 11.8. The van der Waals surface area contributed by atoms with Gasteiger partial charge < -0.3 is 15.2 Å². The standard InChI is InChI=1S/C13H23N3O3/c1-13(9-14,10-4-5-10)15-12(18)7-16(2)6-11(17)8-19-3/h10-11,17H,4-8H2,1-3H3,(H,15,18). The molecule has 0 radical (unpaired) electrons. The zero-order valence-corrected chi connectivity index (χ0v) is 11.8. The minimum Gasteiger partial charge on any atom is -0.389 e. The Bertz CT molecular complexity index is 352. The highest BCUT2D eigenvalue weighted by molar-refractivity contribution is 5.79. The number of rotatable bonds is 8. The van der Waals surface area contributed by atoms with E-state index in [2.05, 4.69) is 11.4 Å². The SMILES string of the molecule is COCC(O)CN(C)CC(=O)NC(C)(C#N)C1CC1. The summed E-state index contributed by atoms with van der Waals surface area (Å²) in [5.41, 5.74) is -0.761. The van der Waals surface area contributed by atoms with E-state index in [1.807, 2.05) is 0 Å². The number of ether oxygens (including phenoxy) is 1. The minimum atomic E-state index is -0.761. The zero-order chi connectivity index (χ0) is 14.5. The number of nitrogens with zero attached hydrogens (tertiary/aromatic N) is 2. The van der Waals surface area contributed by atoms with Crippen molar-refractivity contribution in [1.82, 2.24) is 10.2 Å². The van der Waals surface area contributed by atoms with E-state index in [0.29, 0.717) is 6.54 Å². The van der Waals surface area contributed by atoms with Crippen molar-refractivity contribution < 1.29 is 14.6 Å². The number of carbonyl (C=O) groups is 1. The molecule has 0 aromatic rings. The Morgan fingerprint density at radius 2 is 2.32 bits per heavy atom. The van der Waals surface area contributed by atoms with Crippen molar-refractivity contribution >= 4 is 5.91 Å². The molecule has 1 aliphatic rings. The molecule has 1 saturated carbocycles. The molecule has 6 nitrogen and oxygen atoms in total. The van der Waals surface area contributed by atoms with Crippen LogP contribution in [0.3, 0.4) is 0 Å². The fourth-order valence-electron chi connectivity index (χ4n) is 2.13. The Morgan fingerprint density at radius 1 is 1.68 bits per heavy atom. The van der Waals surface area contributed by atoms with Crippen LogP contribution in [0.25, 0.3) is 0 Å². The Balaban J connectivity index is 2.36. The third-order valence-electron chi connectivity index (χ3n) is 3.32. The molecule has 1 amide bonds. The molecule has 0 aromatic heterocycles. The number of nitrogens with one attached hydrogen (secondary N) is 1. The van der Waals surface area contributed by atoms with Crippen LogP contribution in [0.5, 0.6) is 0 Å². The van der Waals surface area contributed by atoms with Crippen LogP contribution in [0.15, 0.2) is 0 Å². The molecule has 108 valence electrons. The molecule has 6 heteroatoms. The van der Waals surface area contributed by atoms with Crippen LogP contribution in [0.1, 0.15) is 19.8 Å². The van der Waals surface area contributed by atoms with Crippen molar-refractivity contribution in [3.63, 3.8) is 0 Å². The summed E-state index contributed by atoms with van der Waals surface area (Å²) in [5.74, 6) is 0.0777. The number of carbonyl (C=O) groups excluding carboxylic acids is 1. The second kappa shape index (κ2) is 6.85. The highest BCUT2D eigenvalue weighted by atomic mass is 16.5. The topological polar surface area (TPSA) is 85.6 Å². The summed E-state index contributed by atoms with van der Waals surface area (Å²) in [6.45, 7) is 2.52. The Labute approximate surface area is 114 Å². The molecule has 0 aliphatic heterocycles. The van der Waals surface area contributed by atoms with Crippen molar-refractivity contribution in [3.8, 4) is 6.07 Å². The summed E-state index contributed by atoms with van der Waals surface area (Å²) in [7, 11) is 3.27. The molecule has 0 aromatic carbocycles. The number of nitriles is 1. The first-order chi connectivity index (χ1) is 8.91. The van der Waals surface area contributed by atoms with Gasteiger partial charge in [0.15, 0.2) is 0 Å². The number of amides is 1. The summed E-state index contributed by atoms with van der Waals surface area (Å²) in [5, 5.41) is 21.5. The highest BCUT2D eigenvalue weighted by Gasteiger charge is 2.43. The molecule has 19 heavy (non-hydrogen) atoms. The van der Waals surface area contributed by atoms with Crippen LogP contribution in [0.2, 0.25) is 0 Å². The van der Waals surface area contributed by atoms with Crippen LogP contribution in [0.4, 0.5) is 0 Å². The average Bonchev–Trinajstić information content (AvgIpc) is 3.12. The maximum atomic E-state index is 11.9. The van der Waals surface area contributed by atoms with Crippen LogP contribution < -0.4 is 5.32 Å². The van der Waals surface area contributed by atoms with Crippen molar-refractivity contribution in [3.05, 3.63) is 0 Å². The molecule has 2 atom stereocenters. The van der Waals surface area contributed by atoms with Crippen LogP contribution in [0, 0.1) is 17.2 Å². The molecule has 0 saturated heterocycles. The summed E-state index contributed by atoms with van der Waals surface area (Å²) < 4.78 is 4.83. The van der Waals surface area contributed by atoms with E-state index in [1.165, 1.54) is 7.11 Å². The summed E-state index contributed by atoms with van der Waals surface area (Å²) in [6, 6.07) is 2.19. The lowest BCUT2D eigenvalue weighted by Gasteiger charge is -2.25. The monoisotopic (exact) mass is 269 g/mol. The van der Waals surface area contributed by atoms with E-state index >= 15 is 0 Å². The van der Waals surface area contributed by atoms with Gasteiger partial charge in [-0.25, -0.2) is 0 Å². The second-order valence-electron chi connectivity index (χ2n) is 5.44. The average molecular weight is 269 g/mol. The molecule has 1 rings (SSSR count). The van der Waals surface area contributed by atoms with Crippen molar-refractivity contribution in [2.75, 3.05) is 33.9 Å². The Kier molecular flexibility index (Phi) is 5.73. The number of aliphatic hydroxyl groups is 1. The fourth-order valence-corrected chi connectivity index (χ4v) is 2.13. The van der Waals surface area contributed by atoms with Crippen LogP contribution in [-0.4, -0.2) is 61.4 Å². The lowest BCUT2D eigenvalue weighted by Crippen LogP contribution is -2.50. The van der Waals surface area contributed by atoms with Gasteiger partial charge in [0, 0.05) is 13.7 Å². The lowest BCUT2D eigenvalue weighted by molar-refractivity contribution is -0.123. The summed E-state index contributed by atoms with van der Waals surface area (Å²) >= 11 is 0. The molecule has 0 bridgehead atoms. The predicted octanol–water partition coefficient (Wildman–Crippen LogP) is -0.266.